The van der Waals surface area contributed by atoms with Gasteiger partial charge in [-0.25, -0.2) is 8.42 Å². The molecule has 1 fully saturated rings. The van der Waals surface area contributed by atoms with Gasteiger partial charge in [-0.3, -0.25) is 0 Å². The molecule has 0 aromatic rings. The zero-order chi connectivity index (χ0) is 11.6. The molecular weight excluding hydrogens is 228 g/mol. The topological polar surface area (TPSA) is 63.6 Å². The van der Waals surface area contributed by atoms with Gasteiger partial charge in [-0.05, 0) is 31.8 Å². The summed E-state index contributed by atoms with van der Waals surface area (Å²) in [5.74, 6) is 0.656. The molecule has 2 aliphatic rings. The Morgan fingerprint density at radius 2 is 2.19 bits per heavy atom. The second-order valence-electron chi connectivity index (χ2n) is 4.44. The molecule has 0 amide bonds. The van der Waals surface area contributed by atoms with E-state index in [1.165, 1.54) is 0 Å². The van der Waals surface area contributed by atoms with E-state index in [0.717, 1.165) is 19.3 Å². The number of rotatable bonds is 2. The minimum absolute atomic E-state index is 0.196. The summed E-state index contributed by atoms with van der Waals surface area (Å²) in [5.41, 5.74) is 0. The van der Waals surface area contributed by atoms with Crippen molar-refractivity contribution in [2.45, 2.75) is 43.5 Å². The summed E-state index contributed by atoms with van der Waals surface area (Å²) in [6.45, 7) is 0.579. The van der Waals surface area contributed by atoms with Gasteiger partial charge in [0.2, 0.25) is 0 Å². The quantitative estimate of drug-likeness (QED) is 0.789. The second-order valence-corrected chi connectivity index (χ2v) is 6.78. The van der Waals surface area contributed by atoms with Crippen LogP contribution in [0.4, 0.5) is 0 Å². The third-order valence-corrected chi connectivity index (χ3v) is 5.51. The van der Waals surface area contributed by atoms with Crippen LogP contribution in [0.3, 0.4) is 0 Å². The minimum atomic E-state index is -3.14. The van der Waals surface area contributed by atoms with Crippen molar-refractivity contribution in [2.24, 2.45) is 0 Å². The fourth-order valence-electron chi connectivity index (χ4n) is 2.30. The van der Waals surface area contributed by atoms with Crippen molar-refractivity contribution in [3.05, 3.63) is 11.8 Å². The van der Waals surface area contributed by atoms with Crippen molar-refractivity contribution >= 4 is 9.84 Å². The lowest BCUT2D eigenvalue weighted by molar-refractivity contribution is 0.0861. The smallest absolute Gasteiger partial charge is 0.156 e. The van der Waals surface area contributed by atoms with Gasteiger partial charge >= 0.3 is 0 Å². The third kappa shape index (κ3) is 2.40. The van der Waals surface area contributed by atoms with E-state index < -0.39 is 21.2 Å². The lowest BCUT2D eigenvalue weighted by Gasteiger charge is -2.29. The molecular formula is C11H18O4S. The summed E-state index contributed by atoms with van der Waals surface area (Å²) in [7, 11) is -3.14. The molecule has 16 heavy (non-hydrogen) atoms. The molecule has 0 spiro atoms. The van der Waals surface area contributed by atoms with Crippen LogP contribution in [0.25, 0.3) is 0 Å². The standard InChI is InChI=1S/C11H18O4S/c12-11(9-5-1-3-7-15-9)10-6-2-4-8-16(10,13)14/h5,10-12H,1-4,6-8H2. The van der Waals surface area contributed by atoms with E-state index in [4.69, 9.17) is 4.74 Å². The van der Waals surface area contributed by atoms with E-state index in [-0.39, 0.29) is 5.75 Å². The molecule has 0 aromatic carbocycles. The summed E-state index contributed by atoms with van der Waals surface area (Å²) in [4.78, 5) is 0. The monoisotopic (exact) mass is 246 g/mol. The Kier molecular flexibility index (Phi) is 3.54. The molecule has 2 unspecified atom stereocenters. The van der Waals surface area contributed by atoms with Gasteiger partial charge in [0.25, 0.3) is 0 Å². The van der Waals surface area contributed by atoms with Gasteiger partial charge in [0.1, 0.15) is 11.9 Å². The van der Waals surface area contributed by atoms with E-state index in [0.29, 0.717) is 25.2 Å². The maximum Gasteiger partial charge on any atom is 0.156 e. The van der Waals surface area contributed by atoms with E-state index in [2.05, 4.69) is 0 Å². The molecule has 2 heterocycles. The maximum atomic E-state index is 11.8. The molecule has 0 aliphatic carbocycles. The molecule has 1 N–H and O–H groups in total. The normalized spacial score (nSPS) is 31.3. The summed E-state index contributed by atoms with van der Waals surface area (Å²) in [5, 5.41) is 9.40. The highest BCUT2D eigenvalue weighted by Gasteiger charge is 2.37. The van der Waals surface area contributed by atoms with Crippen molar-refractivity contribution in [1.82, 2.24) is 0 Å². The number of ether oxygens (including phenoxy) is 1. The van der Waals surface area contributed by atoms with Gasteiger partial charge < -0.3 is 9.84 Å². The fourth-order valence-corrected chi connectivity index (χ4v) is 4.26. The summed E-state index contributed by atoms with van der Waals surface area (Å²) in [6, 6.07) is 0. The average Bonchev–Trinajstić information content (AvgIpc) is 2.29. The van der Waals surface area contributed by atoms with E-state index in [9.17, 15) is 13.5 Å². The van der Waals surface area contributed by atoms with Gasteiger partial charge in [0.15, 0.2) is 9.84 Å². The summed E-state index contributed by atoms with van der Waals surface area (Å²) >= 11 is 0. The highest BCUT2D eigenvalue weighted by Crippen LogP contribution is 2.27. The number of hydrogen-bond donors (Lipinski definition) is 1. The highest BCUT2D eigenvalue weighted by molar-refractivity contribution is 7.92. The molecule has 2 aliphatic heterocycles. The van der Waals surface area contributed by atoms with Crippen LogP contribution in [0.1, 0.15) is 32.1 Å². The van der Waals surface area contributed by atoms with Crippen molar-refractivity contribution in [1.29, 1.82) is 0 Å². The van der Waals surface area contributed by atoms with Crippen LogP contribution in [0.15, 0.2) is 11.8 Å². The van der Waals surface area contributed by atoms with Crippen LogP contribution in [0, 0.1) is 0 Å². The van der Waals surface area contributed by atoms with Crippen molar-refractivity contribution in [3.63, 3.8) is 0 Å². The Labute approximate surface area is 96.2 Å². The van der Waals surface area contributed by atoms with Crippen LogP contribution >= 0.6 is 0 Å². The lowest BCUT2D eigenvalue weighted by atomic mass is 10.1. The molecule has 0 radical (unpaired) electrons. The van der Waals surface area contributed by atoms with Crippen LogP contribution in [0.5, 0.6) is 0 Å². The highest BCUT2D eigenvalue weighted by atomic mass is 32.2. The second kappa shape index (κ2) is 4.75. The number of hydrogen-bond acceptors (Lipinski definition) is 4. The fraction of sp³-hybridized carbons (Fsp3) is 0.818. The Morgan fingerprint density at radius 1 is 1.38 bits per heavy atom. The van der Waals surface area contributed by atoms with E-state index in [1.807, 2.05) is 6.08 Å². The SMILES string of the molecule is O=S1(=O)CCCCC1C(O)C1=CCCCO1. The Morgan fingerprint density at radius 3 is 2.81 bits per heavy atom. The van der Waals surface area contributed by atoms with Gasteiger partial charge in [0.05, 0.1) is 17.6 Å². The molecule has 5 heteroatoms. The molecule has 0 saturated carbocycles. The van der Waals surface area contributed by atoms with Crippen LogP contribution in [-0.4, -0.2) is 37.2 Å². The zero-order valence-corrected chi connectivity index (χ0v) is 10.1. The summed E-state index contributed by atoms with van der Waals surface area (Å²) in [6.07, 6.45) is 4.78. The van der Waals surface area contributed by atoms with Crippen molar-refractivity contribution < 1.29 is 18.3 Å². The van der Waals surface area contributed by atoms with E-state index in [1.54, 1.807) is 0 Å². The number of sulfone groups is 1. The zero-order valence-electron chi connectivity index (χ0n) is 9.26. The maximum absolute atomic E-state index is 11.8. The third-order valence-electron chi connectivity index (χ3n) is 3.24. The predicted octanol–water partition coefficient (Wildman–Crippen LogP) is 1.01. The minimum Gasteiger partial charge on any atom is -0.495 e. The number of aliphatic hydroxyl groups is 1. The largest absolute Gasteiger partial charge is 0.495 e. The first-order chi connectivity index (χ1) is 7.61. The lowest BCUT2D eigenvalue weighted by Crippen LogP contribution is -2.40. The molecule has 2 atom stereocenters. The summed E-state index contributed by atoms with van der Waals surface area (Å²) < 4.78 is 29.0. The van der Waals surface area contributed by atoms with Crippen LogP contribution in [0.2, 0.25) is 0 Å². The van der Waals surface area contributed by atoms with Crippen molar-refractivity contribution in [3.8, 4) is 0 Å². The Hall–Kier alpha value is -0.550. The molecule has 2 rings (SSSR count). The Bertz CT molecular complexity index is 371. The van der Waals surface area contributed by atoms with Crippen LogP contribution in [-0.2, 0) is 14.6 Å². The molecule has 92 valence electrons. The molecule has 0 bridgehead atoms. The molecule has 4 nitrogen and oxygen atoms in total. The van der Waals surface area contributed by atoms with E-state index >= 15 is 0 Å². The molecule has 1 saturated heterocycles. The first kappa shape index (κ1) is 11.9. The van der Waals surface area contributed by atoms with Crippen LogP contribution < -0.4 is 0 Å². The van der Waals surface area contributed by atoms with Gasteiger partial charge in [-0.15, -0.1) is 0 Å². The number of aliphatic hydroxyl groups excluding tert-OH is 1. The van der Waals surface area contributed by atoms with Gasteiger partial charge in [0, 0.05) is 0 Å². The van der Waals surface area contributed by atoms with Gasteiger partial charge in [-0.2, -0.15) is 0 Å². The predicted molar refractivity (Wildman–Crippen MR) is 60.7 cm³/mol. The number of allylic oxidation sites excluding steroid dienone is 1. The average molecular weight is 246 g/mol. The van der Waals surface area contributed by atoms with Crippen molar-refractivity contribution in [2.75, 3.05) is 12.4 Å². The first-order valence-corrected chi connectivity index (χ1v) is 7.55. The first-order valence-electron chi connectivity index (χ1n) is 5.84. The molecule has 0 aromatic heterocycles. The Balaban J connectivity index is 2.13. The van der Waals surface area contributed by atoms with Gasteiger partial charge in [-0.1, -0.05) is 6.42 Å².